The van der Waals surface area contributed by atoms with Gasteiger partial charge in [0.05, 0.1) is 11.8 Å². The highest BCUT2D eigenvalue weighted by Gasteiger charge is 2.71. The Morgan fingerprint density at radius 2 is 1.71 bits per heavy atom. The number of hydrogen-bond donors (Lipinski definition) is 2. The molecule has 3 aliphatic rings. The van der Waals surface area contributed by atoms with Crippen molar-refractivity contribution in [1.29, 1.82) is 0 Å². The molecule has 1 aromatic rings. The summed E-state index contributed by atoms with van der Waals surface area (Å²) in [4.78, 5) is 41.7. The van der Waals surface area contributed by atoms with E-state index in [2.05, 4.69) is 10.6 Å². The molecule has 3 heterocycles. The summed E-state index contributed by atoms with van der Waals surface area (Å²) >= 11 is 0. The lowest BCUT2D eigenvalue weighted by molar-refractivity contribution is -0.148. The van der Waals surface area contributed by atoms with E-state index in [1.54, 1.807) is 0 Å². The first-order valence-corrected chi connectivity index (χ1v) is 10.0. The second-order valence-corrected chi connectivity index (χ2v) is 9.79. The number of aryl methyl sites for hydroxylation is 1. The van der Waals surface area contributed by atoms with E-state index in [-0.39, 0.29) is 29.7 Å². The molecule has 1 spiro atoms. The number of amides is 3. The largest absolute Gasteiger partial charge is 0.324 e. The van der Waals surface area contributed by atoms with Gasteiger partial charge in [0.1, 0.15) is 5.54 Å². The van der Waals surface area contributed by atoms with Crippen LogP contribution in [0.3, 0.4) is 0 Å². The fourth-order valence-electron chi connectivity index (χ4n) is 5.29. The molecule has 0 saturated carbocycles. The summed E-state index contributed by atoms with van der Waals surface area (Å²) in [6.45, 7) is 13.6. The standard InChI is InChI=1S/C22H29N3O3/c1-10(2)16-14-15(19(27)25(18(14)26)21(5,6)7)22(24-16)13-9-8-11(3)12(4)17(13)23-20(22)28/h8-10,14-16,24H,1-7H3,(H,23,28). The van der Waals surface area contributed by atoms with Crippen molar-refractivity contribution in [2.75, 3.05) is 5.32 Å². The zero-order valence-corrected chi connectivity index (χ0v) is 17.6. The molecule has 4 rings (SSSR count). The number of carbonyl (C=O) groups is 3. The summed E-state index contributed by atoms with van der Waals surface area (Å²) in [6.07, 6.45) is 0. The Hall–Kier alpha value is -2.21. The second kappa shape index (κ2) is 5.66. The van der Waals surface area contributed by atoms with Crippen molar-refractivity contribution >= 4 is 23.4 Å². The van der Waals surface area contributed by atoms with Crippen LogP contribution >= 0.6 is 0 Å². The Kier molecular flexibility index (Phi) is 3.86. The van der Waals surface area contributed by atoms with E-state index in [0.717, 1.165) is 22.4 Å². The number of anilines is 1. The van der Waals surface area contributed by atoms with Gasteiger partial charge in [-0.3, -0.25) is 24.6 Å². The van der Waals surface area contributed by atoms with Crippen LogP contribution in [0.15, 0.2) is 12.1 Å². The summed E-state index contributed by atoms with van der Waals surface area (Å²) in [7, 11) is 0. The van der Waals surface area contributed by atoms with Crippen molar-refractivity contribution < 1.29 is 14.4 Å². The molecule has 0 aliphatic carbocycles. The van der Waals surface area contributed by atoms with Crippen molar-refractivity contribution in [2.24, 2.45) is 17.8 Å². The Balaban J connectivity index is 1.96. The first-order chi connectivity index (χ1) is 12.9. The Morgan fingerprint density at radius 3 is 2.29 bits per heavy atom. The predicted octanol–water partition coefficient (Wildman–Crippen LogP) is 2.48. The van der Waals surface area contributed by atoms with Gasteiger partial charge < -0.3 is 5.32 Å². The topological polar surface area (TPSA) is 78.5 Å². The van der Waals surface area contributed by atoms with Gasteiger partial charge in [-0.1, -0.05) is 26.0 Å². The molecule has 6 nitrogen and oxygen atoms in total. The summed E-state index contributed by atoms with van der Waals surface area (Å²) in [5, 5.41) is 6.49. The minimum absolute atomic E-state index is 0.104. The number of imide groups is 1. The third kappa shape index (κ3) is 2.15. The molecule has 1 aromatic carbocycles. The highest BCUT2D eigenvalue weighted by atomic mass is 16.2. The van der Waals surface area contributed by atoms with E-state index < -0.39 is 22.9 Å². The molecule has 0 aromatic heterocycles. The normalized spacial score (nSPS) is 31.8. The molecule has 3 amide bonds. The van der Waals surface area contributed by atoms with Crippen LogP contribution in [0.2, 0.25) is 0 Å². The average Bonchev–Trinajstić information content (AvgIpc) is 3.16. The van der Waals surface area contributed by atoms with E-state index in [1.165, 1.54) is 4.90 Å². The molecule has 2 N–H and O–H groups in total. The van der Waals surface area contributed by atoms with Gasteiger partial charge in [0, 0.05) is 22.8 Å². The van der Waals surface area contributed by atoms with Gasteiger partial charge in [0.15, 0.2) is 0 Å². The zero-order valence-electron chi connectivity index (χ0n) is 17.6. The van der Waals surface area contributed by atoms with Gasteiger partial charge >= 0.3 is 0 Å². The monoisotopic (exact) mass is 383 g/mol. The second-order valence-electron chi connectivity index (χ2n) is 9.79. The van der Waals surface area contributed by atoms with Gasteiger partial charge in [0.2, 0.25) is 17.7 Å². The first kappa shape index (κ1) is 19.1. The van der Waals surface area contributed by atoms with Crippen molar-refractivity contribution in [3.8, 4) is 0 Å². The van der Waals surface area contributed by atoms with Gasteiger partial charge in [-0.2, -0.15) is 0 Å². The van der Waals surface area contributed by atoms with Crippen molar-refractivity contribution in [1.82, 2.24) is 10.2 Å². The average molecular weight is 383 g/mol. The maximum atomic E-state index is 13.6. The highest BCUT2D eigenvalue weighted by molar-refractivity contribution is 6.15. The Morgan fingerprint density at radius 1 is 1.07 bits per heavy atom. The van der Waals surface area contributed by atoms with Crippen molar-refractivity contribution in [3.05, 3.63) is 28.8 Å². The smallest absolute Gasteiger partial charge is 0.250 e. The molecular formula is C22H29N3O3. The lowest BCUT2D eigenvalue weighted by atomic mass is 9.75. The fraction of sp³-hybridized carbons (Fsp3) is 0.591. The fourth-order valence-corrected chi connectivity index (χ4v) is 5.29. The summed E-state index contributed by atoms with van der Waals surface area (Å²) in [5.41, 5.74) is 1.82. The number of rotatable bonds is 1. The number of nitrogens with one attached hydrogen (secondary N) is 2. The van der Waals surface area contributed by atoms with E-state index in [0.29, 0.717) is 0 Å². The van der Waals surface area contributed by atoms with E-state index in [9.17, 15) is 14.4 Å². The third-order valence-electron chi connectivity index (χ3n) is 6.75. The van der Waals surface area contributed by atoms with Gasteiger partial charge in [-0.25, -0.2) is 0 Å². The number of benzene rings is 1. The third-order valence-corrected chi connectivity index (χ3v) is 6.75. The van der Waals surface area contributed by atoms with E-state index >= 15 is 0 Å². The SMILES string of the molecule is Cc1ccc2c(c1C)NC(=O)C21NC(C(C)C)C2C(=O)N(C(C)(C)C)C(=O)C21. The van der Waals surface area contributed by atoms with Crippen LogP contribution in [0.5, 0.6) is 0 Å². The minimum Gasteiger partial charge on any atom is -0.324 e. The molecule has 150 valence electrons. The Bertz CT molecular complexity index is 914. The van der Waals surface area contributed by atoms with Crippen LogP contribution in [0.4, 0.5) is 5.69 Å². The highest BCUT2D eigenvalue weighted by Crippen LogP contribution is 2.55. The number of fused-ring (bicyclic) bond motifs is 4. The van der Waals surface area contributed by atoms with Gasteiger partial charge in [-0.05, 0) is 51.7 Å². The van der Waals surface area contributed by atoms with Crippen LogP contribution in [-0.2, 0) is 19.9 Å². The summed E-state index contributed by atoms with van der Waals surface area (Å²) in [6, 6.07) is 3.67. The molecular weight excluding hydrogens is 354 g/mol. The molecule has 4 atom stereocenters. The van der Waals surface area contributed by atoms with Crippen molar-refractivity contribution in [3.63, 3.8) is 0 Å². The Labute approximate surface area is 166 Å². The first-order valence-electron chi connectivity index (χ1n) is 10.0. The number of hydrogen-bond acceptors (Lipinski definition) is 4. The van der Waals surface area contributed by atoms with Crippen molar-refractivity contribution in [2.45, 2.75) is 65.6 Å². The van der Waals surface area contributed by atoms with Crippen LogP contribution in [0, 0.1) is 31.6 Å². The van der Waals surface area contributed by atoms with Crippen LogP contribution in [0.1, 0.15) is 51.3 Å². The number of likely N-dealkylation sites (tertiary alicyclic amines) is 1. The van der Waals surface area contributed by atoms with Crippen LogP contribution < -0.4 is 10.6 Å². The van der Waals surface area contributed by atoms with Crippen LogP contribution in [0.25, 0.3) is 0 Å². The predicted molar refractivity (Wildman–Crippen MR) is 107 cm³/mol. The molecule has 6 heteroatoms. The molecule has 0 radical (unpaired) electrons. The molecule has 2 fully saturated rings. The molecule has 28 heavy (non-hydrogen) atoms. The summed E-state index contributed by atoms with van der Waals surface area (Å²) in [5.74, 6) is -1.81. The molecule has 0 bridgehead atoms. The lowest BCUT2D eigenvalue weighted by Crippen LogP contribution is -2.56. The summed E-state index contributed by atoms with van der Waals surface area (Å²) < 4.78 is 0. The maximum absolute atomic E-state index is 13.6. The van der Waals surface area contributed by atoms with Crippen LogP contribution in [-0.4, -0.2) is 34.2 Å². The van der Waals surface area contributed by atoms with Gasteiger partial charge in [0.25, 0.3) is 0 Å². The van der Waals surface area contributed by atoms with Gasteiger partial charge in [-0.15, -0.1) is 0 Å². The molecule has 2 saturated heterocycles. The minimum atomic E-state index is -1.19. The molecule has 4 unspecified atom stereocenters. The van der Waals surface area contributed by atoms with E-state index in [1.807, 2.05) is 60.6 Å². The number of nitrogens with zero attached hydrogens (tertiary/aromatic N) is 1. The van der Waals surface area contributed by atoms with E-state index in [4.69, 9.17) is 0 Å². The lowest BCUT2D eigenvalue weighted by Gasteiger charge is -2.35. The quantitative estimate of drug-likeness (QED) is 0.731. The number of carbonyl (C=O) groups excluding carboxylic acids is 3. The zero-order chi connectivity index (χ0) is 20.8. The molecule has 3 aliphatic heterocycles. The maximum Gasteiger partial charge on any atom is 0.250 e.